The molecule has 0 saturated heterocycles. The monoisotopic (exact) mass is 457 g/mol. The third kappa shape index (κ3) is 5.57. The van der Waals surface area contributed by atoms with E-state index < -0.39 is 5.92 Å². The molecule has 174 valence electrons. The second-order valence-corrected chi connectivity index (χ2v) is 9.07. The van der Waals surface area contributed by atoms with Gasteiger partial charge < -0.3 is 19.9 Å². The number of rotatable bonds is 12. The summed E-state index contributed by atoms with van der Waals surface area (Å²) in [5.41, 5.74) is 1.41. The summed E-state index contributed by atoms with van der Waals surface area (Å²) in [5, 5.41) is 5.17. The molecule has 2 atom stereocenters. The largest absolute Gasteiger partial charge is 0.383 e. The zero-order valence-electron chi connectivity index (χ0n) is 19.4. The van der Waals surface area contributed by atoms with Crippen molar-refractivity contribution in [2.75, 3.05) is 46.4 Å². The van der Waals surface area contributed by atoms with E-state index in [0.29, 0.717) is 25.3 Å². The number of hydrogen-bond donors (Lipinski definition) is 1. The second kappa shape index (κ2) is 12.1. The molecule has 32 heavy (non-hydrogen) atoms. The van der Waals surface area contributed by atoms with Gasteiger partial charge in [0, 0.05) is 37.2 Å². The number of hydrogen-bond acceptors (Lipinski definition) is 5. The normalized spacial score (nSPS) is 18.1. The van der Waals surface area contributed by atoms with Crippen LogP contribution in [0.3, 0.4) is 0 Å². The number of amides is 2. The first-order chi connectivity index (χ1) is 15.6. The van der Waals surface area contributed by atoms with Crippen LogP contribution in [0.25, 0.3) is 0 Å². The van der Waals surface area contributed by atoms with Crippen LogP contribution in [0.5, 0.6) is 0 Å². The summed E-state index contributed by atoms with van der Waals surface area (Å²) in [4.78, 5) is 32.1. The maximum atomic E-state index is 13.6. The standard InChI is InChI=1S/C25H35N3O3S/c1-4-6-14-27(5-2)15-13-26-24(29)22-19-10-7-8-11-20(19)25(30)28(16-17-31-3)23(22)21-12-9-18-32-21/h7-12,18,22-23H,4-6,13-17H2,1-3H3,(H,26,29)/t22-,23-/m0/s1. The van der Waals surface area contributed by atoms with Crippen LogP contribution in [0.4, 0.5) is 0 Å². The molecule has 0 aliphatic carbocycles. The summed E-state index contributed by atoms with van der Waals surface area (Å²) < 4.78 is 5.28. The molecule has 1 aromatic heterocycles. The summed E-state index contributed by atoms with van der Waals surface area (Å²) in [6.45, 7) is 8.65. The molecular formula is C25H35N3O3S. The van der Waals surface area contributed by atoms with Gasteiger partial charge in [0.2, 0.25) is 5.91 Å². The Balaban J connectivity index is 1.87. The van der Waals surface area contributed by atoms with Crippen LogP contribution in [-0.4, -0.2) is 68.1 Å². The Kier molecular flexibility index (Phi) is 9.26. The van der Waals surface area contributed by atoms with E-state index in [0.717, 1.165) is 42.9 Å². The van der Waals surface area contributed by atoms with Crippen LogP contribution in [0.15, 0.2) is 41.8 Å². The SMILES string of the molecule is CCCCN(CC)CCNC(=O)[C@H]1c2ccccc2C(=O)N(CCOC)[C@H]1c1cccs1. The van der Waals surface area contributed by atoms with Crippen LogP contribution in [0, 0.1) is 0 Å². The summed E-state index contributed by atoms with van der Waals surface area (Å²) in [6, 6.07) is 11.2. The number of fused-ring (bicyclic) bond motifs is 1. The Labute approximate surface area is 195 Å². The third-order valence-corrected chi connectivity index (χ3v) is 7.04. The minimum atomic E-state index is -0.454. The Hall–Kier alpha value is -2.22. The number of nitrogens with one attached hydrogen (secondary N) is 1. The van der Waals surface area contributed by atoms with Gasteiger partial charge >= 0.3 is 0 Å². The minimum Gasteiger partial charge on any atom is -0.383 e. The van der Waals surface area contributed by atoms with Crippen LogP contribution < -0.4 is 5.32 Å². The van der Waals surface area contributed by atoms with Crippen LogP contribution in [0.1, 0.15) is 59.4 Å². The second-order valence-electron chi connectivity index (χ2n) is 8.10. The molecule has 0 bridgehead atoms. The van der Waals surface area contributed by atoms with E-state index in [-0.39, 0.29) is 17.9 Å². The van der Waals surface area contributed by atoms with Crippen molar-refractivity contribution < 1.29 is 14.3 Å². The van der Waals surface area contributed by atoms with Gasteiger partial charge in [0.15, 0.2) is 0 Å². The fourth-order valence-corrected chi connectivity index (χ4v) is 5.22. The number of benzene rings is 1. The van der Waals surface area contributed by atoms with Gasteiger partial charge in [0.1, 0.15) is 0 Å². The molecule has 6 nitrogen and oxygen atoms in total. The molecule has 1 aromatic carbocycles. The number of likely N-dealkylation sites (N-methyl/N-ethyl adjacent to an activating group) is 1. The Bertz CT molecular complexity index is 871. The van der Waals surface area contributed by atoms with Crippen molar-refractivity contribution in [1.82, 2.24) is 15.1 Å². The van der Waals surface area contributed by atoms with Gasteiger partial charge in [-0.05, 0) is 42.6 Å². The first-order valence-corrected chi connectivity index (χ1v) is 12.4. The zero-order valence-corrected chi connectivity index (χ0v) is 20.2. The topological polar surface area (TPSA) is 61.9 Å². The number of methoxy groups -OCH3 is 1. The molecule has 0 saturated carbocycles. The lowest BCUT2D eigenvalue weighted by Gasteiger charge is -2.41. The predicted molar refractivity (Wildman–Crippen MR) is 129 cm³/mol. The number of thiophene rings is 1. The maximum absolute atomic E-state index is 13.6. The van der Waals surface area contributed by atoms with Gasteiger partial charge in [-0.2, -0.15) is 0 Å². The molecule has 7 heteroatoms. The molecule has 3 rings (SSSR count). The van der Waals surface area contributed by atoms with Crippen molar-refractivity contribution in [3.05, 3.63) is 57.8 Å². The highest BCUT2D eigenvalue weighted by molar-refractivity contribution is 7.10. The van der Waals surface area contributed by atoms with Gasteiger partial charge in [-0.1, -0.05) is 44.5 Å². The van der Waals surface area contributed by atoms with Gasteiger partial charge in [-0.3, -0.25) is 9.59 Å². The van der Waals surface area contributed by atoms with E-state index in [9.17, 15) is 9.59 Å². The van der Waals surface area contributed by atoms with Crippen molar-refractivity contribution in [3.63, 3.8) is 0 Å². The molecular weight excluding hydrogens is 422 g/mol. The third-order valence-electron chi connectivity index (χ3n) is 6.09. The predicted octanol–water partition coefficient (Wildman–Crippen LogP) is 3.91. The summed E-state index contributed by atoms with van der Waals surface area (Å²) >= 11 is 1.58. The quantitative estimate of drug-likeness (QED) is 0.525. The molecule has 1 aliphatic heterocycles. The van der Waals surface area contributed by atoms with Crippen LogP contribution in [-0.2, 0) is 9.53 Å². The summed E-state index contributed by atoms with van der Waals surface area (Å²) in [7, 11) is 1.63. The first kappa shape index (κ1) is 24.4. The molecule has 1 aliphatic rings. The maximum Gasteiger partial charge on any atom is 0.254 e. The minimum absolute atomic E-state index is 0.0303. The van der Waals surface area contributed by atoms with Gasteiger partial charge in [0.25, 0.3) is 5.91 Å². The zero-order chi connectivity index (χ0) is 22.9. The average Bonchev–Trinajstić information content (AvgIpc) is 3.35. The van der Waals surface area contributed by atoms with Crippen molar-refractivity contribution >= 4 is 23.2 Å². The highest BCUT2D eigenvalue weighted by Gasteiger charge is 2.44. The number of unbranched alkanes of at least 4 members (excludes halogenated alkanes) is 1. The van der Waals surface area contributed by atoms with Gasteiger partial charge in [-0.15, -0.1) is 11.3 Å². The fourth-order valence-electron chi connectivity index (χ4n) is 4.34. The smallest absolute Gasteiger partial charge is 0.254 e. The van der Waals surface area contributed by atoms with E-state index >= 15 is 0 Å². The lowest BCUT2D eigenvalue weighted by molar-refractivity contribution is -0.124. The van der Waals surface area contributed by atoms with Crippen LogP contribution in [0.2, 0.25) is 0 Å². The first-order valence-electron chi connectivity index (χ1n) is 11.5. The van der Waals surface area contributed by atoms with E-state index in [1.807, 2.05) is 46.7 Å². The Morgan fingerprint density at radius 3 is 2.69 bits per heavy atom. The van der Waals surface area contributed by atoms with Crippen molar-refractivity contribution in [3.8, 4) is 0 Å². The number of nitrogens with zero attached hydrogens (tertiary/aromatic N) is 2. The summed E-state index contributed by atoms with van der Waals surface area (Å²) in [5.74, 6) is -0.528. The molecule has 0 spiro atoms. The van der Waals surface area contributed by atoms with Crippen molar-refractivity contribution in [2.24, 2.45) is 0 Å². The fraction of sp³-hybridized carbons (Fsp3) is 0.520. The number of carbonyl (C=O) groups excluding carboxylic acids is 2. The number of ether oxygens (including phenoxy) is 1. The van der Waals surface area contributed by atoms with Crippen LogP contribution >= 0.6 is 11.3 Å². The molecule has 2 heterocycles. The van der Waals surface area contributed by atoms with Gasteiger partial charge in [-0.25, -0.2) is 0 Å². The van der Waals surface area contributed by atoms with Crippen molar-refractivity contribution in [1.29, 1.82) is 0 Å². The van der Waals surface area contributed by atoms with E-state index in [2.05, 4.69) is 24.1 Å². The molecule has 0 fully saturated rings. The lowest BCUT2D eigenvalue weighted by Crippen LogP contribution is -2.49. The van der Waals surface area contributed by atoms with E-state index in [4.69, 9.17) is 4.74 Å². The van der Waals surface area contributed by atoms with Gasteiger partial charge in [0.05, 0.1) is 18.6 Å². The van der Waals surface area contributed by atoms with E-state index in [1.54, 1.807) is 18.4 Å². The summed E-state index contributed by atoms with van der Waals surface area (Å²) in [6.07, 6.45) is 2.32. The Morgan fingerprint density at radius 1 is 1.19 bits per heavy atom. The molecule has 0 unspecified atom stereocenters. The lowest BCUT2D eigenvalue weighted by atomic mass is 9.81. The van der Waals surface area contributed by atoms with Crippen molar-refractivity contribution in [2.45, 2.75) is 38.6 Å². The highest BCUT2D eigenvalue weighted by Crippen LogP contribution is 2.44. The molecule has 2 amide bonds. The molecule has 1 N–H and O–H groups in total. The number of carbonyl (C=O) groups is 2. The van der Waals surface area contributed by atoms with E-state index in [1.165, 1.54) is 0 Å². The Morgan fingerprint density at radius 2 is 2.00 bits per heavy atom. The molecule has 0 radical (unpaired) electrons. The highest BCUT2D eigenvalue weighted by atomic mass is 32.1. The molecule has 2 aromatic rings. The average molecular weight is 458 g/mol.